The Morgan fingerprint density at radius 2 is 1.14 bits per heavy atom. The van der Waals surface area contributed by atoms with Gasteiger partial charge in [0.2, 0.25) is 0 Å². The molecule has 4 aromatic carbocycles. The fourth-order valence-electron chi connectivity index (χ4n) is 5.24. The van der Waals surface area contributed by atoms with Crippen LogP contribution < -0.4 is 20.7 Å². The van der Waals surface area contributed by atoms with E-state index < -0.39 is 5.96 Å². The summed E-state index contributed by atoms with van der Waals surface area (Å²) in [6.45, 7) is 8.70. The number of halogens is 1. The molecule has 1 atom stereocenters. The van der Waals surface area contributed by atoms with Gasteiger partial charge in [0.1, 0.15) is 0 Å². The Kier molecular flexibility index (Phi) is 7.22. The Labute approximate surface area is 215 Å². The van der Waals surface area contributed by atoms with E-state index in [0.29, 0.717) is 0 Å². The minimum absolute atomic E-state index is 0.0380. The summed E-state index contributed by atoms with van der Waals surface area (Å²) in [4.78, 5) is 0. The van der Waals surface area contributed by atoms with Crippen LogP contribution in [0.4, 0.5) is 0 Å². The first-order chi connectivity index (χ1) is 16.8. The monoisotopic (exact) mass is 500 g/mol. The van der Waals surface area contributed by atoms with Crippen molar-refractivity contribution < 1.29 is 4.74 Å². The Morgan fingerprint density at radius 3 is 1.54 bits per heavy atom. The summed E-state index contributed by atoms with van der Waals surface area (Å²) in [5, 5.41) is 3.53. The van der Waals surface area contributed by atoms with E-state index in [1.54, 1.807) is 7.11 Å². The van der Waals surface area contributed by atoms with Crippen molar-refractivity contribution in [3.63, 3.8) is 0 Å². The van der Waals surface area contributed by atoms with E-state index in [-0.39, 0.29) is 5.66 Å². The third-order valence-corrected chi connectivity index (χ3v) is 15.7. The van der Waals surface area contributed by atoms with E-state index in [4.69, 9.17) is 16.0 Å². The number of hydrogen-bond donors (Lipinski definition) is 0. The SMILES string of the molecule is COc1cc(C)c(/C=C/C(C)P(Cl)(c2ccccc2)(c2ccccc2)c2ccccc2)c(C)c1C. The summed E-state index contributed by atoms with van der Waals surface area (Å²) in [7, 11) is 1.73. The van der Waals surface area contributed by atoms with Gasteiger partial charge in [0.15, 0.2) is 0 Å². The molecule has 0 spiro atoms. The number of methoxy groups -OCH3 is 1. The molecule has 35 heavy (non-hydrogen) atoms. The van der Waals surface area contributed by atoms with Crippen molar-refractivity contribution in [2.24, 2.45) is 0 Å². The van der Waals surface area contributed by atoms with Crippen LogP contribution in [-0.4, -0.2) is 12.8 Å². The van der Waals surface area contributed by atoms with Crippen molar-refractivity contribution >= 4 is 39.2 Å². The molecule has 0 aliphatic carbocycles. The Hall–Kier alpha value is -2.86. The zero-order valence-corrected chi connectivity index (χ0v) is 22.9. The van der Waals surface area contributed by atoms with Gasteiger partial charge in [0, 0.05) is 0 Å². The molecule has 0 saturated carbocycles. The zero-order valence-electron chi connectivity index (χ0n) is 21.2. The molecule has 0 radical (unpaired) electrons. The van der Waals surface area contributed by atoms with Crippen LogP contribution in [0.25, 0.3) is 6.08 Å². The molecule has 0 amide bonds. The third kappa shape index (κ3) is 4.12. The molecule has 0 fully saturated rings. The van der Waals surface area contributed by atoms with E-state index in [0.717, 1.165) is 5.75 Å². The summed E-state index contributed by atoms with van der Waals surface area (Å²) in [6, 6.07) is 34.1. The quantitative estimate of drug-likeness (QED) is 0.236. The van der Waals surface area contributed by atoms with E-state index >= 15 is 0 Å². The van der Waals surface area contributed by atoms with Crippen molar-refractivity contribution in [1.82, 2.24) is 0 Å². The second-order valence-electron chi connectivity index (χ2n) is 9.24. The number of rotatable bonds is 7. The fraction of sp³-hybridized carbons (Fsp3) is 0.188. The normalized spacial score (nSPS) is 13.8. The molecule has 1 unspecified atom stereocenters. The maximum atomic E-state index is 8.31. The van der Waals surface area contributed by atoms with Crippen LogP contribution in [0.3, 0.4) is 0 Å². The van der Waals surface area contributed by atoms with Crippen LogP contribution in [0.2, 0.25) is 0 Å². The molecule has 0 saturated heterocycles. The van der Waals surface area contributed by atoms with Gasteiger partial charge in [-0.05, 0) is 0 Å². The van der Waals surface area contributed by atoms with Crippen LogP contribution in [0.15, 0.2) is 103 Å². The predicted molar refractivity (Wildman–Crippen MR) is 157 cm³/mol. The molecular formula is C32H34ClOP. The van der Waals surface area contributed by atoms with Gasteiger partial charge in [0.05, 0.1) is 0 Å². The molecule has 0 aliphatic heterocycles. The molecule has 180 valence electrons. The van der Waals surface area contributed by atoms with Crippen LogP contribution in [0.1, 0.15) is 29.2 Å². The van der Waals surface area contributed by atoms with Crippen molar-refractivity contribution in [2.75, 3.05) is 7.11 Å². The van der Waals surface area contributed by atoms with E-state index in [1.165, 1.54) is 38.2 Å². The second kappa shape index (κ2) is 10.0. The van der Waals surface area contributed by atoms with Gasteiger partial charge in [-0.1, -0.05) is 0 Å². The Morgan fingerprint density at radius 1 is 0.714 bits per heavy atom. The van der Waals surface area contributed by atoms with Gasteiger partial charge < -0.3 is 0 Å². The zero-order chi connectivity index (χ0) is 25.1. The number of benzene rings is 4. The summed E-state index contributed by atoms with van der Waals surface area (Å²) < 4.78 is 5.59. The van der Waals surface area contributed by atoms with Gasteiger partial charge in [-0.2, -0.15) is 0 Å². The summed E-state index contributed by atoms with van der Waals surface area (Å²) in [5.74, 6) is -2.48. The molecule has 0 heterocycles. The first-order valence-electron chi connectivity index (χ1n) is 12.1. The van der Waals surface area contributed by atoms with Gasteiger partial charge in [0.25, 0.3) is 0 Å². The van der Waals surface area contributed by atoms with E-state index in [2.05, 4.69) is 137 Å². The molecule has 0 aliphatic rings. The number of ether oxygens (including phenoxy) is 1. The minimum atomic E-state index is -3.41. The second-order valence-corrected chi connectivity index (χ2v) is 15.9. The number of allylic oxidation sites excluding steroid dienone is 1. The number of hydrogen-bond acceptors (Lipinski definition) is 1. The van der Waals surface area contributed by atoms with Crippen molar-refractivity contribution in [1.29, 1.82) is 0 Å². The first kappa shape index (κ1) is 25.2. The van der Waals surface area contributed by atoms with Gasteiger partial charge in [-0.25, -0.2) is 0 Å². The standard InChI is InChI=1S/C32H34ClOP/c1-24-23-32(34-5)27(4)26(3)31(24)22-21-25(2)35(33,28-15-9-6-10-16-28,29-17-11-7-12-18-29)30-19-13-8-14-20-30/h6-23,25H,1-5H3/b22-21+. The third-order valence-electron chi connectivity index (χ3n) is 7.42. The fourth-order valence-corrected chi connectivity index (χ4v) is 11.4. The van der Waals surface area contributed by atoms with Crippen molar-refractivity contribution in [3.05, 3.63) is 125 Å². The first-order valence-corrected chi connectivity index (χ1v) is 15.3. The molecule has 3 heteroatoms. The predicted octanol–water partition coefficient (Wildman–Crippen LogP) is 7.71. The van der Waals surface area contributed by atoms with E-state index in [9.17, 15) is 0 Å². The maximum absolute atomic E-state index is 8.31. The van der Waals surface area contributed by atoms with Crippen molar-refractivity contribution in [3.8, 4) is 5.75 Å². The van der Waals surface area contributed by atoms with Gasteiger partial charge in [-0.3, -0.25) is 0 Å². The Balaban J connectivity index is 2.00. The molecule has 0 bridgehead atoms. The molecule has 4 aromatic rings. The van der Waals surface area contributed by atoms with Crippen LogP contribution >= 0.6 is 17.2 Å². The van der Waals surface area contributed by atoms with Gasteiger partial charge >= 0.3 is 216 Å². The molecule has 4 rings (SSSR count). The summed E-state index contributed by atoms with van der Waals surface area (Å²) in [5.41, 5.74) is 4.87. The topological polar surface area (TPSA) is 9.23 Å². The molecule has 0 aromatic heterocycles. The van der Waals surface area contributed by atoms with E-state index in [1.807, 2.05) is 0 Å². The average molecular weight is 501 g/mol. The number of aryl methyl sites for hydroxylation is 1. The molecule has 0 N–H and O–H groups in total. The van der Waals surface area contributed by atoms with Crippen LogP contribution in [-0.2, 0) is 0 Å². The van der Waals surface area contributed by atoms with Crippen molar-refractivity contribution in [2.45, 2.75) is 33.4 Å². The molecule has 1 nitrogen and oxygen atoms in total. The average Bonchev–Trinajstić information content (AvgIpc) is 2.91. The summed E-state index contributed by atoms with van der Waals surface area (Å²) >= 11 is 8.31. The van der Waals surface area contributed by atoms with Gasteiger partial charge in [-0.15, -0.1) is 0 Å². The summed E-state index contributed by atoms with van der Waals surface area (Å²) in [6.07, 6.45) is 4.58. The van der Waals surface area contributed by atoms with Crippen LogP contribution in [0, 0.1) is 20.8 Å². The van der Waals surface area contributed by atoms with Crippen LogP contribution in [0.5, 0.6) is 5.75 Å². The molecular weight excluding hydrogens is 467 g/mol. The Bertz CT molecular complexity index is 1230.